The molecule has 0 radical (unpaired) electrons. The van der Waals surface area contributed by atoms with E-state index in [1.807, 2.05) is 0 Å². The second-order valence-electron chi connectivity index (χ2n) is 3.86. The van der Waals surface area contributed by atoms with Crippen molar-refractivity contribution in [2.75, 3.05) is 20.6 Å². The lowest BCUT2D eigenvalue weighted by Gasteiger charge is -2.16. The van der Waals surface area contributed by atoms with E-state index in [0.29, 0.717) is 11.6 Å². The number of nitrogens with zero attached hydrogens (tertiary/aromatic N) is 1. The van der Waals surface area contributed by atoms with Crippen LogP contribution in [0.2, 0.25) is 5.02 Å². The van der Waals surface area contributed by atoms with Crippen LogP contribution in [0, 0.1) is 0 Å². The molecule has 100 valence electrons. The lowest BCUT2D eigenvalue weighted by molar-refractivity contribution is 0.499. The van der Waals surface area contributed by atoms with E-state index in [1.165, 1.54) is 23.5 Å². The first-order valence-electron chi connectivity index (χ1n) is 5.43. The highest BCUT2D eigenvalue weighted by molar-refractivity contribution is 7.89. The third kappa shape index (κ3) is 3.32. The number of halogens is 1. The molecule has 1 rings (SSSR count). The Hall–Kier alpha value is -0.880. The average molecular weight is 289 g/mol. The fourth-order valence-electron chi connectivity index (χ4n) is 1.48. The van der Waals surface area contributed by atoms with E-state index in [-0.39, 0.29) is 11.4 Å². The standard InChI is InChI=1S/C12H17ClN2O2S/c1-4-7-15(3)18(16,17)11-6-5-10(9-14-2)12(13)8-11/h4-6,8,14H,1,7,9H2,2-3H3. The van der Waals surface area contributed by atoms with Crippen molar-refractivity contribution >= 4 is 21.6 Å². The molecule has 0 saturated carbocycles. The largest absolute Gasteiger partial charge is 0.316 e. The van der Waals surface area contributed by atoms with E-state index in [1.54, 1.807) is 19.2 Å². The van der Waals surface area contributed by atoms with Crippen LogP contribution in [0.3, 0.4) is 0 Å². The lowest BCUT2D eigenvalue weighted by atomic mass is 10.2. The zero-order chi connectivity index (χ0) is 13.8. The summed E-state index contributed by atoms with van der Waals surface area (Å²) in [5, 5.41) is 3.41. The zero-order valence-electron chi connectivity index (χ0n) is 10.5. The highest BCUT2D eigenvalue weighted by Crippen LogP contribution is 2.22. The van der Waals surface area contributed by atoms with Gasteiger partial charge in [-0.3, -0.25) is 0 Å². The maximum absolute atomic E-state index is 12.1. The van der Waals surface area contributed by atoms with Crippen molar-refractivity contribution in [1.82, 2.24) is 9.62 Å². The number of hydrogen-bond donors (Lipinski definition) is 1. The molecule has 0 aliphatic carbocycles. The van der Waals surface area contributed by atoms with E-state index in [0.717, 1.165) is 5.56 Å². The van der Waals surface area contributed by atoms with Gasteiger partial charge < -0.3 is 5.32 Å². The Balaban J connectivity index is 3.11. The third-order valence-electron chi connectivity index (χ3n) is 2.49. The SMILES string of the molecule is C=CCN(C)S(=O)(=O)c1ccc(CNC)c(Cl)c1. The fourth-order valence-corrected chi connectivity index (χ4v) is 2.96. The van der Waals surface area contributed by atoms with Gasteiger partial charge in [-0.05, 0) is 24.7 Å². The number of hydrogen-bond acceptors (Lipinski definition) is 3. The number of likely N-dealkylation sites (N-methyl/N-ethyl adjacent to an activating group) is 1. The summed E-state index contributed by atoms with van der Waals surface area (Å²) in [4.78, 5) is 0.191. The predicted octanol–water partition coefficient (Wildman–Crippen LogP) is 1.87. The van der Waals surface area contributed by atoms with Crippen molar-refractivity contribution < 1.29 is 8.42 Å². The molecule has 0 unspecified atom stereocenters. The summed E-state index contributed by atoms with van der Waals surface area (Å²) in [7, 11) is -0.187. The van der Waals surface area contributed by atoms with E-state index in [4.69, 9.17) is 11.6 Å². The van der Waals surface area contributed by atoms with E-state index >= 15 is 0 Å². The first kappa shape index (κ1) is 15.2. The van der Waals surface area contributed by atoms with Gasteiger partial charge in [0.25, 0.3) is 0 Å². The van der Waals surface area contributed by atoms with Crippen LogP contribution in [0.5, 0.6) is 0 Å². The van der Waals surface area contributed by atoms with Crippen LogP contribution in [-0.2, 0) is 16.6 Å². The molecule has 0 atom stereocenters. The number of benzene rings is 1. The van der Waals surface area contributed by atoms with Crippen molar-refractivity contribution in [3.8, 4) is 0 Å². The van der Waals surface area contributed by atoms with E-state index in [9.17, 15) is 8.42 Å². The number of rotatable bonds is 6. The Morgan fingerprint density at radius 3 is 2.67 bits per heavy atom. The van der Waals surface area contributed by atoms with Gasteiger partial charge in [0, 0.05) is 25.2 Å². The summed E-state index contributed by atoms with van der Waals surface area (Å²) in [6, 6.07) is 4.75. The summed E-state index contributed by atoms with van der Waals surface area (Å²) in [5.41, 5.74) is 0.865. The van der Waals surface area contributed by atoms with Crippen molar-refractivity contribution in [1.29, 1.82) is 0 Å². The molecule has 0 saturated heterocycles. The van der Waals surface area contributed by atoms with Gasteiger partial charge in [-0.1, -0.05) is 23.7 Å². The molecule has 18 heavy (non-hydrogen) atoms. The minimum absolute atomic E-state index is 0.191. The predicted molar refractivity (Wildman–Crippen MR) is 74.2 cm³/mol. The van der Waals surface area contributed by atoms with Crippen molar-refractivity contribution in [2.24, 2.45) is 0 Å². The molecular formula is C12H17ClN2O2S. The van der Waals surface area contributed by atoms with Crippen LogP contribution >= 0.6 is 11.6 Å². The molecule has 0 amide bonds. The Labute approximate surface area is 113 Å². The summed E-state index contributed by atoms with van der Waals surface area (Å²) >= 11 is 6.05. The maximum atomic E-state index is 12.1. The van der Waals surface area contributed by atoms with Gasteiger partial charge in [0.1, 0.15) is 0 Å². The Kier molecular flexibility index (Phi) is 5.34. The van der Waals surface area contributed by atoms with E-state index in [2.05, 4.69) is 11.9 Å². The molecule has 6 heteroatoms. The second kappa shape index (κ2) is 6.33. The molecule has 1 aromatic carbocycles. The second-order valence-corrected chi connectivity index (χ2v) is 6.31. The fraction of sp³-hybridized carbons (Fsp3) is 0.333. The molecule has 4 nitrogen and oxygen atoms in total. The van der Waals surface area contributed by atoms with Gasteiger partial charge in [0.05, 0.1) is 4.90 Å². The van der Waals surface area contributed by atoms with Gasteiger partial charge in [0.15, 0.2) is 0 Å². The highest BCUT2D eigenvalue weighted by Gasteiger charge is 2.20. The van der Waals surface area contributed by atoms with Crippen LogP contribution in [0.4, 0.5) is 0 Å². The molecule has 1 aromatic rings. The van der Waals surface area contributed by atoms with Crippen LogP contribution in [0.1, 0.15) is 5.56 Å². The first-order valence-corrected chi connectivity index (χ1v) is 7.25. The van der Waals surface area contributed by atoms with Gasteiger partial charge in [0.2, 0.25) is 10.0 Å². The van der Waals surface area contributed by atoms with Crippen LogP contribution < -0.4 is 5.32 Å². The van der Waals surface area contributed by atoms with Crippen LogP contribution in [0.15, 0.2) is 35.7 Å². The molecule has 1 N–H and O–H groups in total. The molecule has 0 spiro atoms. The van der Waals surface area contributed by atoms with E-state index < -0.39 is 10.0 Å². The lowest BCUT2D eigenvalue weighted by Crippen LogP contribution is -2.27. The minimum Gasteiger partial charge on any atom is -0.316 e. The molecule has 0 aromatic heterocycles. The Bertz CT molecular complexity index is 529. The molecule has 0 aliphatic rings. The van der Waals surface area contributed by atoms with Crippen LogP contribution in [0.25, 0.3) is 0 Å². The van der Waals surface area contributed by atoms with Crippen LogP contribution in [-0.4, -0.2) is 33.4 Å². The minimum atomic E-state index is -3.50. The molecular weight excluding hydrogens is 272 g/mol. The summed E-state index contributed by atoms with van der Waals surface area (Å²) in [6.45, 7) is 4.38. The highest BCUT2D eigenvalue weighted by atomic mass is 35.5. The van der Waals surface area contributed by atoms with Crippen molar-refractivity contribution in [3.05, 3.63) is 41.4 Å². The number of nitrogens with one attached hydrogen (secondary N) is 1. The summed E-state index contributed by atoms with van der Waals surface area (Å²) < 4.78 is 25.5. The molecule has 0 fully saturated rings. The maximum Gasteiger partial charge on any atom is 0.243 e. The van der Waals surface area contributed by atoms with Gasteiger partial charge in [-0.2, -0.15) is 4.31 Å². The third-order valence-corrected chi connectivity index (χ3v) is 4.66. The molecule has 0 aliphatic heterocycles. The topological polar surface area (TPSA) is 49.4 Å². The smallest absolute Gasteiger partial charge is 0.243 e. The van der Waals surface area contributed by atoms with Crippen molar-refractivity contribution in [2.45, 2.75) is 11.4 Å². The number of sulfonamides is 1. The summed E-state index contributed by atoms with van der Waals surface area (Å²) in [6.07, 6.45) is 1.54. The molecule has 0 heterocycles. The quantitative estimate of drug-likeness (QED) is 0.813. The Morgan fingerprint density at radius 1 is 1.50 bits per heavy atom. The zero-order valence-corrected chi connectivity index (χ0v) is 12.1. The van der Waals surface area contributed by atoms with Gasteiger partial charge in [-0.15, -0.1) is 6.58 Å². The monoisotopic (exact) mass is 288 g/mol. The normalized spacial score (nSPS) is 11.8. The first-order chi connectivity index (χ1) is 8.43. The Morgan fingerprint density at radius 2 is 2.17 bits per heavy atom. The van der Waals surface area contributed by atoms with Gasteiger partial charge >= 0.3 is 0 Å². The summed E-state index contributed by atoms with van der Waals surface area (Å²) in [5.74, 6) is 0. The van der Waals surface area contributed by atoms with Crippen molar-refractivity contribution in [3.63, 3.8) is 0 Å². The average Bonchev–Trinajstić information content (AvgIpc) is 2.32. The van der Waals surface area contributed by atoms with Gasteiger partial charge in [-0.25, -0.2) is 8.42 Å². The molecule has 0 bridgehead atoms.